The zero-order valence-electron chi connectivity index (χ0n) is 11.3. The van der Waals surface area contributed by atoms with E-state index in [-0.39, 0.29) is 0 Å². The summed E-state index contributed by atoms with van der Waals surface area (Å²) in [6.07, 6.45) is -4.02. The smallest absolute Gasteiger partial charge is 0.380 e. The molecule has 1 N–H and O–H groups in total. The molecule has 2 rings (SSSR count). The van der Waals surface area contributed by atoms with Gasteiger partial charge in [0.15, 0.2) is 0 Å². The van der Waals surface area contributed by atoms with Crippen LogP contribution in [0.1, 0.15) is 30.0 Å². The minimum Gasteiger partial charge on any atom is -0.380 e. The molecule has 0 heterocycles. The average molecular weight is 359 g/mol. The van der Waals surface area contributed by atoms with Crippen LogP contribution in [0.25, 0.3) is 0 Å². The van der Waals surface area contributed by atoms with Gasteiger partial charge in [0.1, 0.15) is 5.60 Å². The lowest BCUT2D eigenvalue weighted by Crippen LogP contribution is -2.26. The van der Waals surface area contributed by atoms with Crippen LogP contribution in [0.2, 0.25) is 0 Å². The molecule has 0 spiro atoms. The van der Waals surface area contributed by atoms with Gasteiger partial charge in [0.25, 0.3) is 0 Å². The van der Waals surface area contributed by atoms with Gasteiger partial charge < -0.3 is 5.11 Å². The highest BCUT2D eigenvalue weighted by Gasteiger charge is 2.33. The first-order valence-electron chi connectivity index (χ1n) is 6.43. The molecule has 21 heavy (non-hydrogen) atoms. The van der Waals surface area contributed by atoms with Crippen LogP contribution >= 0.6 is 15.9 Å². The van der Waals surface area contributed by atoms with Gasteiger partial charge in [0.2, 0.25) is 0 Å². The summed E-state index contributed by atoms with van der Waals surface area (Å²) in [6.45, 7) is 1.79. The third-order valence-corrected chi connectivity index (χ3v) is 4.00. The molecule has 0 saturated heterocycles. The van der Waals surface area contributed by atoms with E-state index in [1.165, 1.54) is 12.1 Å². The van der Waals surface area contributed by atoms with Crippen molar-refractivity contribution >= 4 is 15.9 Å². The van der Waals surface area contributed by atoms with Crippen LogP contribution in [0.3, 0.4) is 0 Å². The van der Waals surface area contributed by atoms with Gasteiger partial charge in [0, 0.05) is 4.47 Å². The molecule has 0 aromatic heterocycles. The van der Waals surface area contributed by atoms with Crippen molar-refractivity contribution < 1.29 is 18.3 Å². The molecule has 0 aliphatic heterocycles. The number of rotatable bonds is 3. The Morgan fingerprint density at radius 1 is 0.952 bits per heavy atom. The van der Waals surface area contributed by atoms with Crippen molar-refractivity contribution in [2.75, 3.05) is 0 Å². The highest BCUT2D eigenvalue weighted by Crippen LogP contribution is 2.36. The molecule has 0 radical (unpaired) electrons. The van der Waals surface area contributed by atoms with Crippen molar-refractivity contribution in [3.8, 4) is 0 Å². The van der Waals surface area contributed by atoms with Crippen molar-refractivity contribution in [3.63, 3.8) is 0 Å². The molecule has 1 nitrogen and oxygen atoms in total. The van der Waals surface area contributed by atoms with E-state index in [0.717, 1.165) is 16.6 Å². The monoisotopic (exact) mass is 358 g/mol. The Kier molecular flexibility index (Phi) is 4.44. The predicted molar refractivity (Wildman–Crippen MR) is 78.9 cm³/mol. The summed E-state index contributed by atoms with van der Waals surface area (Å²) >= 11 is 3.33. The van der Waals surface area contributed by atoms with Gasteiger partial charge in [-0.3, -0.25) is 0 Å². The molecule has 5 heteroatoms. The number of halogens is 4. The lowest BCUT2D eigenvalue weighted by molar-refractivity contribution is -0.137. The minimum atomic E-state index is -4.38. The van der Waals surface area contributed by atoms with E-state index in [1.807, 2.05) is 6.07 Å². The lowest BCUT2D eigenvalue weighted by atomic mass is 9.84. The topological polar surface area (TPSA) is 20.2 Å². The van der Waals surface area contributed by atoms with Gasteiger partial charge in [0.05, 0.1) is 5.56 Å². The van der Waals surface area contributed by atoms with Gasteiger partial charge in [-0.15, -0.1) is 0 Å². The van der Waals surface area contributed by atoms with E-state index in [0.29, 0.717) is 17.5 Å². The summed E-state index contributed by atoms with van der Waals surface area (Å²) in [5, 5.41) is 10.9. The number of benzene rings is 2. The number of alkyl halides is 3. The standard InChI is InChI=1S/C16H14BrF3O/c1-2-15(21,13-4-3-5-14(17)10-13)11-6-8-12(9-7-11)16(18,19)20/h3-10,21H,2H2,1H3. The largest absolute Gasteiger partial charge is 0.416 e. The summed E-state index contributed by atoms with van der Waals surface area (Å²) in [5.74, 6) is 0. The summed E-state index contributed by atoms with van der Waals surface area (Å²) in [7, 11) is 0. The molecule has 112 valence electrons. The maximum Gasteiger partial charge on any atom is 0.416 e. The Hall–Kier alpha value is -1.33. The molecule has 0 fully saturated rings. The normalized spacial score (nSPS) is 14.8. The summed E-state index contributed by atoms with van der Waals surface area (Å²) in [6, 6.07) is 11.8. The van der Waals surface area contributed by atoms with Crippen molar-refractivity contribution in [2.24, 2.45) is 0 Å². The number of hydrogen-bond donors (Lipinski definition) is 1. The van der Waals surface area contributed by atoms with Crippen molar-refractivity contribution in [2.45, 2.75) is 25.1 Å². The molecule has 2 aromatic rings. The van der Waals surface area contributed by atoms with Crippen LogP contribution in [0.4, 0.5) is 13.2 Å². The Balaban J connectivity index is 2.46. The minimum absolute atomic E-state index is 0.356. The molecule has 0 aliphatic rings. The Labute approximate surface area is 129 Å². The SMILES string of the molecule is CCC(O)(c1ccc(C(F)(F)F)cc1)c1cccc(Br)c1. The zero-order chi connectivity index (χ0) is 15.7. The van der Waals surface area contributed by atoms with Crippen molar-refractivity contribution in [1.29, 1.82) is 0 Å². The maximum atomic E-state index is 12.6. The lowest BCUT2D eigenvalue weighted by Gasteiger charge is -2.28. The van der Waals surface area contributed by atoms with Crippen LogP contribution in [-0.4, -0.2) is 5.11 Å². The second kappa shape index (κ2) is 5.81. The first kappa shape index (κ1) is 16.0. The highest BCUT2D eigenvalue weighted by molar-refractivity contribution is 9.10. The van der Waals surface area contributed by atoms with E-state index >= 15 is 0 Å². The molecule has 0 amide bonds. The fraction of sp³-hybridized carbons (Fsp3) is 0.250. The molecule has 0 aliphatic carbocycles. The van der Waals surface area contributed by atoms with Crippen LogP contribution in [-0.2, 0) is 11.8 Å². The van der Waals surface area contributed by atoms with Gasteiger partial charge in [-0.05, 0) is 41.8 Å². The zero-order valence-corrected chi connectivity index (χ0v) is 12.9. The first-order chi connectivity index (χ1) is 9.77. The second-order valence-electron chi connectivity index (χ2n) is 4.80. The first-order valence-corrected chi connectivity index (χ1v) is 7.23. The highest BCUT2D eigenvalue weighted by atomic mass is 79.9. The quantitative estimate of drug-likeness (QED) is 0.807. The predicted octanol–water partition coefficient (Wildman–Crippen LogP) is 5.11. The maximum absolute atomic E-state index is 12.6. The molecular formula is C16H14BrF3O. The second-order valence-corrected chi connectivity index (χ2v) is 5.71. The number of aliphatic hydroxyl groups is 1. The van der Waals surface area contributed by atoms with Crippen LogP contribution < -0.4 is 0 Å². The van der Waals surface area contributed by atoms with Crippen LogP contribution in [0.5, 0.6) is 0 Å². The Morgan fingerprint density at radius 3 is 2.00 bits per heavy atom. The summed E-state index contributed by atoms with van der Waals surface area (Å²) in [5.41, 5.74) is -0.956. The summed E-state index contributed by atoms with van der Waals surface area (Å²) in [4.78, 5) is 0. The van der Waals surface area contributed by atoms with E-state index in [4.69, 9.17) is 0 Å². The van der Waals surface area contributed by atoms with E-state index in [9.17, 15) is 18.3 Å². The molecule has 0 saturated carbocycles. The van der Waals surface area contributed by atoms with Gasteiger partial charge in [-0.2, -0.15) is 13.2 Å². The number of hydrogen-bond acceptors (Lipinski definition) is 1. The van der Waals surface area contributed by atoms with Crippen molar-refractivity contribution in [3.05, 3.63) is 69.7 Å². The van der Waals surface area contributed by atoms with Crippen LogP contribution in [0, 0.1) is 0 Å². The summed E-state index contributed by atoms with van der Waals surface area (Å²) < 4.78 is 38.6. The third kappa shape index (κ3) is 3.30. The van der Waals surface area contributed by atoms with E-state index in [2.05, 4.69) is 15.9 Å². The van der Waals surface area contributed by atoms with E-state index in [1.54, 1.807) is 25.1 Å². The molecule has 0 bridgehead atoms. The fourth-order valence-corrected chi connectivity index (χ4v) is 2.65. The van der Waals surface area contributed by atoms with Gasteiger partial charge in [-0.1, -0.05) is 47.1 Å². The van der Waals surface area contributed by atoms with Gasteiger partial charge in [-0.25, -0.2) is 0 Å². The van der Waals surface area contributed by atoms with E-state index < -0.39 is 17.3 Å². The Morgan fingerprint density at radius 2 is 1.52 bits per heavy atom. The van der Waals surface area contributed by atoms with Crippen molar-refractivity contribution in [1.82, 2.24) is 0 Å². The Bertz CT molecular complexity index is 622. The molecule has 2 aromatic carbocycles. The fourth-order valence-electron chi connectivity index (χ4n) is 2.26. The third-order valence-electron chi connectivity index (χ3n) is 3.50. The molecular weight excluding hydrogens is 345 g/mol. The van der Waals surface area contributed by atoms with Crippen LogP contribution in [0.15, 0.2) is 53.0 Å². The molecule has 1 atom stereocenters. The molecule has 1 unspecified atom stereocenters. The average Bonchev–Trinajstić information content (AvgIpc) is 2.45. The van der Waals surface area contributed by atoms with Gasteiger partial charge >= 0.3 is 6.18 Å².